The van der Waals surface area contributed by atoms with Crippen molar-refractivity contribution < 1.29 is 14.2 Å². The van der Waals surface area contributed by atoms with E-state index in [1.807, 2.05) is 60.0 Å². The predicted octanol–water partition coefficient (Wildman–Crippen LogP) is 2.48. The van der Waals surface area contributed by atoms with E-state index in [-0.39, 0.29) is 24.5 Å². The lowest BCUT2D eigenvalue weighted by molar-refractivity contribution is -0.696. The van der Waals surface area contributed by atoms with Gasteiger partial charge >= 0.3 is 0 Å². The Hall–Kier alpha value is -3.08. The molecule has 0 fully saturated rings. The summed E-state index contributed by atoms with van der Waals surface area (Å²) in [6.45, 7) is 3.59. The lowest BCUT2D eigenvalue weighted by Gasteiger charge is -2.02. The van der Waals surface area contributed by atoms with Gasteiger partial charge in [-0.1, -0.05) is 53.2 Å². The molecule has 5 nitrogen and oxygen atoms in total. The summed E-state index contributed by atoms with van der Waals surface area (Å²) >= 11 is 0. The molecule has 0 N–H and O–H groups in total. The fourth-order valence-corrected chi connectivity index (χ4v) is 2.77. The van der Waals surface area contributed by atoms with Gasteiger partial charge in [0.05, 0.1) is 6.42 Å². The van der Waals surface area contributed by atoms with Gasteiger partial charge in [-0.25, -0.2) is 4.57 Å². The summed E-state index contributed by atoms with van der Waals surface area (Å²) in [4.78, 5) is 24.2. The predicted molar refractivity (Wildman–Crippen MR) is 93.7 cm³/mol. The Morgan fingerprint density at radius 2 is 1.60 bits per heavy atom. The first-order valence-electron chi connectivity index (χ1n) is 8.17. The van der Waals surface area contributed by atoms with E-state index < -0.39 is 0 Å². The maximum absolute atomic E-state index is 12.6. The molecule has 0 saturated heterocycles. The third kappa shape index (κ3) is 3.71. The van der Waals surface area contributed by atoms with Crippen molar-refractivity contribution in [3.05, 3.63) is 77.9 Å². The Balaban J connectivity index is 2.00. The van der Waals surface area contributed by atoms with E-state index in [1.54, 1.807) is 16.8 Å². The first kappa shape index (κ1) is 16.8. The molecule has 1 aromatic heterocycles. The molecule has 0 saturated carbocycles. The van der Waals surface area contributed by atoms with Crippen LogP contribution in [0, 0.1) is 6.92 Å². The zero-order valence-electron chi connectivity index (χ0n) is 14.3. The average Bonchev–Trinajstić information content (AvgIpc) is 2.92. The van der Waals surface area contributed by atoms with E-state index in [0.29, 0.717) is 11.4 Å². The van der Waals surface area contributed by atoms with Crippen molar-refractivity contribution in [2.75, 3.05) is 0 Å². The van der Waals surface area contributed by atoms with Gasteiger partial charge in [-0.2, -0.15) is 0 Å². The van der Waals surface area contributed by atoms with Gasteiger partial charge in [0.25, 0.3) is 5.82 Å². The molecule has 0 unspecified atom stereocenters. The molecule has 2 aromatic carbocycles. The monoisotopic (exact) mass is 334 g/mol. The number of ketones is 2. The zero-order chi connectivity index (χ0) is 17.8. The highest BCUT2D eigenvalue weighted by molar-refractivity contribution is 5.95. The highest BCUT2D eigenvalue weighted by atomic mass is 16.1. The topological polar surface area (TPSA) is 55.8 Å². The summed E-state index contributed by atoms with van der Waals surface area (Å²) in [6, 6.07) is 18.8. The van der Waals surface area contributed by atoms with E-state index in [0.717, 1.165) is 11.5 Å². The minimum atomic E-state index is -0.00823. The first-order valence-corrected chi connectivity index (χ1v) is 8.17. The quantitative estimate of drug-likeness (QED) is 0.514. The molecule has 0 radical (unpaired) electrons. The molecular formula is C20H20N3O2+. The second-order valence-corrected chi connectivity index (χ2v) is 5.96. The van der Waals surface area contributed by atoms with Gasteiger partial charge in [0.1, 0.15) is 18.0 Å². The molecule has 126 valence electrons. The number of carbonyl (C=O) groups excluding carboxylic acids is 2. The first-order chi connectivity index (χ1) is 12.1. The molecule has 0 bridgehead atoms. The maximum Gasteiger partial charge on any atom is 0.285 e. The second-order valence-electron chi connectivity index (χ2n) is 5.96. The van der Waals surface area contributed by atoms with Gasteiger partial charge in [0.15, 0.2) is 5.78 Å². The molecule has 25 heavy (non-hydrogen) atoms. The van der Waals surface area contributed by atoms with Crippen LogP contribution in [-0.4, -0.2) is 21.3 Å². The Morgan fingerprint density at radius 1 is 1.00 bits per heavy atom. The Labute approximate surface area is 146 Å². The second kappa shape index (κ2) is 7.21. The van der Waals surface area contributed by atoms with E-state index in [1.165, 1.54) is 6.92 Å². The fraction of sp³-hybridized carbons (Fsp3) is 0.200. The smallest absolute Gasteiger partial charge is 0.285 e. The summed E-state index contributed by atoms with van der Waals surface area (Å²) < 4.78 is 3.60. The number of carbonyl (C=O) groups is 2. The van der Waals surface area contributed by atoms with E-state index in [9.17, 15) is 9.59 Å². The Kier molecular flexibility index (Phi) is 4.84. The van der Waals surface area contributed by atoms with Crippen LogP contribution in [0.15, 0.2) is 60.7 Å². The lowest BCUT2D eigenvalue weighted by Crippen LogP contribution is -2.43. The standard InChI is InChI=1S/C20H20N3O2/c1-15(24)13-20-21-23(18-11-7-4-8-12-18)16(2)22(20)14-19(25)17-9-5-3-6-10-17/h3-12H,13-14H2,1-2H3/q+1. The Morgan fingerprint density at radius 3 is 2.20 bits per heavy atom. The van der Waals surface area contributed by atoms with E-state index >= 15 is 0 Å². The number of Topliss-reactive ketones (excluding diaryl/α,β-unsaturated/α-hetero) is 2. The van der Waals surface area contributed by atoms with Gasteiger partial charge in [-0.15, -0.1) is 0 Å². The molecule has 0 aliphatic heterocycles. The molecule has 0 amide bonds. The molecule has 0 atom stereocenters. The minimum absolute atomic E-state index is 0.00823. The van der Waals surface area contributed by atoms with Crippen LogP contribution in [0.5, 0.6) is 0 Å². The van der Waals surface area contributed by atoms with Crippen LogP contribution >= 0.6 is 0 Å². The van der Waals surface area contributed by atoms with Gasteiger partial charge in [0.2, 0.25) is 5.82 Å². The Bertz CT molecular complexity index is 899. The van der Waals surface area contributed by atoms with Crippen LogP contribution in [0.3, 0.4) is 0 Å². The summed E-state index contributed by atoms with van der Waals surface area (Å²) in [5, 5.41) is 4.57. The maximum atomic E-state index is 12.6. The van der Waals surface area contributed by atoms with Crippen LogP contribution < -0.4 is 4.57 Å². The summed E-state index contributed by atoms with van der Waals surface area (Å²) in [5.41, 5.74) is 1.55. The number of nitrogens with zero attached hydrogens (tertiary/aromatic N) is 3. The number of hydrogen-bond acceptors (Lipinski definition) is 3. The van der Waals surface area contributed by atoms with Crippen molar-refractivity contribution in [2.24, 2.45) is 0 Å². The van der Waals surface area contributed by atoms with Crippen LogP contribution in [0.1, 0.15) is 28.9 Å². The summed E-state index contributed by atoms with van der Waals surface area (Å²) in [6.07, 6.45) is 0.197. The molecule has 3 aromatic rings. The molecule has 0 spiro atoms. The number of rotatable bonds is 6. The largest absolute Gasteiger partial charge is 0.299 e. The van der Waals surface area contributed by atoms with Gasteiger partial charge in [-0.05, 0) is 19.1 Å². The number of aromatic nitrogens is 3. The van der Waals surface area contributed by atoms with E-state index in [4.69, 9.17) is 0 Å². The minimum Gasteiger partial charge on any atom is -0.299 e. The molecule has 3 rings (SSSR count). The highest BCUT2D eigenvalue weighted by Gasteiger charge is 2.26. The molecule has 1 heterocycles. The van der Waals surface area contributed by atoms with Gasteiger partial charge < -0.3 is 0 Å². The van der Waals surface area contributed by atoms with Crippen molar-refractivity contribution in [3.63, 3.8) is 0 Å². The van der Waals surface area contributed by atoms with Crippen LogP contribution in [-0.2, 0) is 17.8 Å². The lowest BCUT2D eigenvalue weighted by atomic mass is 10.1. The van der Waals surface area contributed by atoms with Crippen molar-refractivity contribution >= 4 is 11.6 Å². The van der Waals surface area contributed by atoms with Crippen molar-refractivity contribution in [2.45, 2.75) is 26.8 Å². The van der Waals surface area contributed by atoms with Crippen LogP contribution in [0.25, 0.3) is 5.69 Å². The normalized spacial score (nSPS) is 10.6. The highest BCUT2D eigenvalue weighted by Crippen LogP contribution is 2.09. The SMILES string of the molecule is CC(=O)Cc1nn(-c2ccccc2)c(C)[n+]1CC(=O)c1ccccc1. The molecule has 0 aliphatic carbocycles. The average molecular weight is 334 g/mol. The number of benzene rings is 2. The number of hydrogen-bond donors (Lipinski definition) is 0. The van der Waals surface area contributed by atoms with Gasteiger partial charge in [0, 0.05) is 17.6 Å². The number of para-hydroxylation sites is 1. The van der Waals surface area contributed by atoms with Gasteiger partial charge in [-0.3, -0.25) is 9.59 Å². The molecular weight excluding hydrogens is 314 g/mol. The summed E-state index contributed by atoms with van der Waals surface area (Å²) in [7, 11) is 0. The fourth-order valence-electron chi connectivity index (χ4n) is 2.77. The summed E-state index contributed by atoms with van der Waals surface area (Å²) in [5.74, 6) is 1.41. The van der Waals surface area contributed by atoms with Crippen molar-refractivity contribution in [1.29, 1.82) is 0 Å². The van der Waals surface area contributed by atoms with Crippen LogP contribution in [0.2, 0.25) is 0 Å². The molecule has 0 aliphatic rings. The van der Waals surface area contributed by atoms with E-state index in [2.05, 4.69) is 5.10 Å². The van der Waals surface area contributed by atoms with Crippen LogP contribution in [0.4, 0.5) is 0 Å². The zero-order valence-corrected chi connectivity index (χ0v) is 14.3. The van der Waals surface area contributed by atoms with Crippen molar-refractivity contribution in [1.82, 2.24) is 9.78 Å². The third-order valence-corrected chi connectivity index (χ3v) is 4.03. The van der Waals surface area contributed by atoms with Crippen molar-refractivity contribution in [3.8, 4) is 5.69 Å². The third-order valence-electron chi connectivity index (χ3n) is 4.03. The molecule has 5 heteroatoms.